The molecule has 0 aromatic heterocycles. The highest BCUT2D eigenvalue weighted by molar-refractivity contribution is 6.34. The van der Waals surface area contributed by atoms with Crippen LogP contribution >= 0.6 is 11.6 Å². The zero-order valence-electron chi connectivity index (χ0n) is 15.9. The quantitative estimate of drug-likeness (QED) is 0.425. The summed E-state index contributed by atoms with van der Waals surface area (Å²) in [6.07, 6.45) is -4.68. The average Bonchev–Trinajstić information content (AvgIpc) is 2.66. The van der Waals surface area contributed by atoms with Crippen molar-refractivity contribution in [2.45, 2.75) is 13.1 Å². The lowest BCUT2D eigenvalue weighted by Gasteiger charge is -2.37. The molecule has 0 bridgehead atoms. The van der Waals surface area contributed by atoms with Crippen LogP contribution in [0.3, 0.4) is 0 Å². The standard InChI is InChI=1S/C20H19ClF4N4O/c1-11-9-28(19(30)14-3-2-4-15(17(14)21)20(23,24)25)10-16(26)18(11)29(27)13-7-5-12(22)6-8-13/h2-8,11H,9-10,26-27H2,1H3. The number of anilines is 1. The summed E-state index contributed by atoms with van der Waals surface area (Å²) < 4.78 is 52.5. The van der Waals surface area contributed by atoms with Crippen LogP contribution in [-0.4, -0.2) is 23.9 Å². The van der Waals surface area contributed by atoms with E-state index in [1.165, 1.54) is 40.2 Å². The molecule has 4 N–H and O–H groups in total. The summed E-state index contributed by atoms with van der Waals surface area (Å²) >= 11 is 5.88. The van der Waals surface area contributed by atoms with E-state index in [1.807, 2.05) is 0 Å². The lowest BCUT2D eigenvalue weighted by molar-refractivity contribution is -0.137. The summed E-state index contributed by atoms with van der Waals surface area (Å²) in [5.41, 5.74) is 6.15. The third-order valence-electron chi connectivity index (χ3n) is 4.84. The van der Waals surface area contributed by atoms with E-state index in [-0.39, 0.29) is 30.3 Å². The molecule has 1 atom stereocenters. The minimum atomic E-state index is -4.68. The molecule has 0 saturated carbocycles. The van der Waals surface area contributed by atoms with Gasteiger partial charge in [0, 0.05) is 18.2 Å². The van der Waals surface area contributed by atoms with Crippen LogP contribution in [0.5, 0.6) is 0 Å². The molecular weight excluding hydrogens is 424 g/mol. The first-order valence-electron chi connectivity index (χ1n) is 8.94. The fourth-order valence-corrected chi connectivity index (χ4v) is 3.77. The Kier molecular flexibility index (Phi) is 5.96. The number of nitrogens with two attached hydrogens (primary N) is 2. The van der Waals surface area contributed by atoms with E-state index in [2.05, 4.69) is 0 Å². The van der Waals surface area contributed by atoms with Gasteiger partial charge >= 0.3 is 6.18 Å². The van der Waals surface area contributed by atoms with Crippen molar-refractivity contribution in [1.82, 2.24) is 4.90 Å². The van der Waals surface area contributed by atoms with E-state index in [4.69, 9.17) is 23.2 Å². The van der Waals surface area contributed by atoms with E-state index in [1.54, 1.807) is 6.92 Å². The minimum Gasteiger partial charge on any atom is -0.399 e. The van der Waals surface area contributed by atoms with Gasteiger partial charge in [-0.05, 0) is 36.4 Å². The molecule has 0 saturated heterocycles. The molecule has 1 unspecified atom stereocenters. The number of carbonyl (C=O) groups excluding carboxylic acids is 1. The zero-order valence-corrected chi connectivity index (χ0v) is 16.6. The normalized spacial score (nSPS) is 17.3. The van der Waals surface area contributed by atoms with E-state index in [0.29, 0.717) is 11.4 Å². The number of hydrogen-bond acceptors (Lipinski definition) is 4. The van der Waals surface area contributed by atoms with Crippen LogP contribution in [0.15, 0.2) is 53.9 Å². The maximum absolute atomic E-state index is 13.2. The Morgan fingerprint density at radius 3 is 2.40 bits per heavy atom. The van der Waals surface area contributed by atoms with Crippen molar-refractivity contribution in [3.05, 3.63) is 75.8 Å². The number of hydrogen-bond donors (Lipinski definition) is 2. The SMILES string of the molecule is CC1CN(C(=O)c2cccc(C(F)(F)F)c2Cl)CC(N)=C1N(N)c1ccc(F)cc1. The molecule has 2 aromatic carbocycles. The molecule has 2 aromatic rings. The second-order valence-corrected chi connectivity index (χ2v) is 7.39. The number of nitrogens with zero attached hydrogens (tertiary/aromatic N) is 2. The first kappa shape index (κ1) is 21.9. The molecule has 160 valence electrons. The molecule has 1 aliphatic rings. The van der Waals surface area contributed by atoms with Gasteiger partial charge in [-0.15, -0.1) is 0 Å². The van der Waals surface area contributed by atoms with Crippen LogP contribution in [0.2, 0.25) is 5.02 Å². The van der Waals surface area contributed by atoms with Crippen molar-refractivity contribution in [2.75, 3.05) is 18.1 Å². The number of halogens is 5. The van der Waals surface area contributed by atoms with Gasteiger partial charge in [-0.2, -0.15) is 13.2 Å². The fourth-order valence-electron chi connectivity index (χ4n) is 3.46. The maximum Gasteiger partial charge on any atom is 0.417 e. The van der Waals surface area contributed by atoms with Gasteiger partial charge in [0.05, 0.1) is 34.1 Å². The van der Waals surface area contributed by atoms with Crippen LogP contribution < -0.4 is 16.6 Å². The molecule has 1 heterocycles. The molecular formula is C20H19ClF4N4O. The van der Waals surface area contributed by atoms with Crippen LogP contribution in [0.4, 0.5) is 23.2 Å². The van der Waals surface area contributed by atoms with Gasteiger partial charge in [-0.1, -0.05) is 24.6 Å². The van der Waals surface area contributed by atoms with Crippen LogP contribution in [0.25, 0.3) is 0 Å². The third kappa shape index (κ3) is 4.22. The van der Waals surface area contributed by atoms with Gasteiger partial charge in [0.2, 0.25) is 0 Å². The topological polar surface area (TPSA) is 75.6 Å². The Bertz CT molecular complexity index is 991. The van der Waals surface area contributed by atoms with Crippen LogP contribution in [0.1, 0.15) is 22.8 Å². The summed E-state index contributed by atoms with van der Waals surface area (Å²) in [5, 5.41) is 0.668. The molecule has 1 aliphatic heterocycles. The van der Waals surface area contributed by atoms with Crippen molar-refractivity contribution >= 4 is 23.2 Å². The van der Waals surface area contributed by atoms with Crippen molar-refractivity contribution in [3.8, 4) is 0 Å². The Labute approximate surface area is 175 Å². The van der Waals surface area contributed by atoms with Gasteiger partial charge in [-0.3, -0.25) is 9.80 Å². The molecule has 3 rings (SSSR count). The van der Waals surface area contributed by atoms with Gasteiger partial charge in [0.1, 0.15) is 5.82 Å². The molecule has 1 amide bonds. The van der Waals surface area contributed by atoms with E-state index < -0.39 is 28.5 Å². The Morgan fingerprint density at radius 2 is 1.83 bits per heavy atom. The lowest BCUT2D eigenvalue weighted by atomic mass is 9.98. The Hall–Kier alpha value is -2.78. The van der Waals surface area contributed by atoms with Crippen LogP contribution in [0, 0.1) is 11.7 Å². The summed E-state index contributed by atoms with van der Waals surface area (Å²) in [7, 11) is 0. The van der Waals surface area contributed by atoms with Crippen molar-refractivity contribution in [1.29, 1.82) is 0 Å². The van der Waals surface area contributed by atoms with Crippen molar-refractivity contribution in [2.24, 2.45) is 17.5 Å². The molecule has 0 aliphatic carbocycles. The van der Waals surface area contributed by atoms with Gasteiger partial charge in [0.15, 0.2) is 0 Å². The number of hydrazine groups is 1. The first-order chi connectivity index (χ1) is 14.0. The summed E-state index contributed by atoms with van der Waals surface area (Å²) in [4.78, 5) is 14.2. The smallest absolute Gasteiger partial charge is 0.399 e. The predicted molar refractivity (Wildman–Crippen MR) is 106 cm³/mol. The Balaban J connectivity index is 1.88. The number of carbonyl (C=O) groups is 1. The average molecular weight is 443 g/mol. The lowest BCUT2D eigenvalue weighted by Crippen LogP contribution is -2.48. The third-order valence-corrected chi connectivity index (χ3v) is 5.24. The van der Waals surface area contributed by atoms with Crippen molar-refractivity contribution in [3.63, 3.8) is 0 Å². The van der Waals surface area contributed by atoms with Crippen LogP contribution in [-0.2, 0) is 6.18 Å². The van der Waals surface area contributed by atoms with Gasteiger partial charge in [-0.25, -0.2) is 10.2 Å². The molecule has 10 heteroatoms. The molecule has 0 spiro atoms. The monoisotopic (exact) mass is 442 g/mol. The zero-order chi connectivity index (χ0) is 22.2. The number of rotatable bonds is 3. The maximum atomic E-state index is 13.2. The largest absolute Gasteiger partial charge is 0.417 e. The molecule has 30 heavy (non-hydrogen) atoms. The number of amides is 1. The second-order valence-electron chi connectivity index (χ2n) is 7.01. The first-order valence-corrected chi connectivity index (χ1v) is 9.32. The van der Waals surface area contributed by atoms with Gasteiger partial charge < -0.3 is 10.6 Å². The van der Waals surface area contributed by atoms with E-state index in [9.17, 15) is 22.4 Å². The highest BCUT2D eigenvalue weighted by Gasteiger charge is 2.36. The molecule has 0 radical (unpaired) electrons. The summed E-state index contributed by atoms with van der Waals surface area (Å²) in [6, 6.07) is 8.68. The van der Waals surface area contributed by atoms with E-state index in [0.717, 1.165) is 12.1 Å². The van der Waals surface area contributed by atoms with Crippen molar-refractivity contribution < 1.29 is 22.4 Å². The second kappa shape index (κ2) is 8.16. The van der Waals surface area contributed by atoms with Gasteiger partial charge in [0.25, 0.3) is 5.91 Å². The van der Waals surface area contributed by atoms with E-state index >= 15 is 0 Å². The molecule has 5 nitrogen and oxygen atoms in total. The Morgan fingerprint density at radius 1 is 1.20 bits per heavy atom. The highest BCUT2D eigenvalue weighted by Crippen LogP contribution is 2.37. The minimum absolute atomic E-state index is 0.0417. The highest BCUT2D eigenvalue weighted by atomic mass is 35.5. The summed E-state index contributed by atoms with van der Waals surface area (Å²) in [6.45, 7) is 1.90. The predicted octanol–water partition coefficient (Wildman–Crippen LogP) is 4.14. The number of benzene rings is 2. The summed E-state index contributed by atoms with van der Waals surface area (Å²) in [5.74, 6) is 4.74. The fraction of sp³-hybridized carbons (Fsp3) is 0.250. The molecule has 0 fully saturated rings. The number of alkyl halides is 3.